The lowest BCUT2D eigenvalue weighted by Gasteiger charge is -2.29. The van der Waals surface area contributed by atoms with E-state index in [1.54, 1.807) is 31.2 Å². The van der Waals surface area contributed by atoms with Crippen molar-refractivity contribution in [1.29, 1.82) is 0 Å². The lowest BCUT2D eigenvalue weighted by molar-refractivity contribution is -0.178. The average Bonchev–Trinajstić information content (AvgIpc) is 2.29. The second-order valence-electron chi connectivity index (χ2n) is 4.03. The van der Waals surface area contributed by atoms with Crippen molar-refractivity contribution in [1.82, 2.24) is 0 Å². The quantitative estimate of drug-likeness (QED) is 0.772. The SMILES string of the molecule is CCOC(=O)C(O)(c1ccc(C)cc1)C(C)O. The van der Waals surface area contributed by atoms with Crippen LogP contribution in [-0.2, 0) is 15.1 Å². The Morgan fingerprint density at radius 3 is 2.35 bits per heavy atom. The summed E-state index contributed by atoms with van der Waals surface area (Å²) in [7, 11) is 0. The minimum absolute atomic E-state index is 0.153. The van der Waals surface area contributed by atoms with E-state index in [2.05, 4.69) is 0 Å². The monoisotopic (exact) mass is 238 g/mol. The van der Waals surface area contributed by atoms with Crippen LogP contribution < -0.4 is 0 Å². The third-order valence-electron chi connectivity index (χ3n) is 2.68. The van der Waals surface area contributed by atoms with Crippen LogP contribution >= 0.6 is 0 Å². The Labute approximate surface area is 101 Å². The molecule has 0 radical (unpaired) electrons. The van der Waals surface area contributed by atoms with Gasteiger partial charge in [0.1, 0.15) is 0 Å². The van der Waals surface area contributed by atoms with E-state index in [4.69, 9.17) is 4.74 Å². The predicted molar refractivity (Wildman–Crippen MR) is 63.4 cm³/mol. The fraction of sp³-hybridized carbons (Fsp3) is 0.462. The molecule has 0 amide bonds. The number of benzene rings is 1. The van der Waals surface area contributed by atoms with Crippen LogP contribution in [0.25, 0.3) is 0 Å². The third kappa shape index (κ3) is 2.65. The fourth-order valence-corrected chi connectivity index (χ4v) is 1.58. The first-order valence-electron chi connectivity index (χ1n) is 5.57. The molecule has 0 spiro atoms. The van der Waals surface area contributed by atoms with Crippen molar-refractivity contribution in [2.45, 2.75) is 32.5 Å². The molecule has 94 valence electrons. The van der Waals surface area contributed by atoms with Crippen LogP contribution in [0.1, 0.15) is 25.0 Å². The first-order chi connectivity index (χ1) is 7.92. The highest BCUT2D eigenvalue weighted by molar-refractivity contribution is 5.81. The van der Waals surface area contributed by atoms with Crippen molar-refractivity contribution in [3.63, 3.8) is 0 Å². The van der Waals surface area contributed by atoms with Crippen molar-refractivity contribution >= 4 is 5.97 Å². The van der Waals surface area contributed by atoms with Crippen LogP contribution in [-0.4, -0.2) is 28.9 Å². The van der Waals surface area contributed by atoms with Crippen molar-refractivity contribution < 1.29 is 19.7 Å². The van der Waals surface area contributed by atoms with Gasteiger partial charge in [-0.3, -0.25) is 0 Å². The minimum atomic E-state index is -2.01. The molecule has 0 saturated carbocycles. The molecule has 0 bridgehead atoms. The predicted octanol–water partition coefficient (Wildman–Crippen LogP) is 1.13. The molecule has 0 aromatic heterocycles. The van der Waals surface area contributed by atoms with Crippen LogP contribution in [0.5, 0.6) is 0 Å². The van der Waals surface area contributed by atoms with Gasteiger partial charge in [0.25, 0.3) is 0 Å². The summed E-state index contributed by atoms with van der Waals surface area (Å²) in [6.45, 7) is 5.06. The highest BCUT2D eigenvalue weighted by Crippen LogP contribution is 2.27. The molecular formula is C13H18O4. The summed E-state index contributed by atoms with van der Waals surface area (Å²) in [5.74, 6) is -0.834. The van der Waals surface area contributed by atoms with E-state index in [0.29, 0.717) is 5.56 Å². The lowest BCUT2D eigenvalue weighted by atomic mass is 9.88. The minimum Gasteiger partial charge on any atom is -0.464 e. The second-order valence-corrected chi connectivity index (χ2v) is 4.03. The van der Waals surface area contributed by atoms with E-state index in [1.165, 1.54) is 6.92 Å². The number of aliphatic hydroxyl groups is 2. The van der Waals surface area contributed by atoms with Gasteiger partial charge in [-0.15, -0.1) is 0 Å². The zero-order valence-corrected chi connectivity index (χ0v) is 10.3. The largest absolute Gasteiger partial charge is 0.464 e. The van der Waals surface area contributed by atoms with Gasteiger partial charge >= 0.3 is 5.97 Å². The molecule has 0 saturated heterocycles. The number of aryl methyl sites for hydroxylation is 1. The molecule has 0 fully saturated rings. The molecule has 2 atom stereocenters. The van der Waals surface area contributed by atoms with E-state index in [-0.39, 0.29) is 6.61 Å². The van der Waals surface area contributed by atoms with Gasteiger partial charge in [0.2, 0.25) is 5.60 Å². The number of rotatable bonds is 4. The maximum absolute atomic E-state index is 11.8. The number of esters is 1. The van der Waals surface area contributed by atoms with Crippen LogP contribution in [0.15, 0.2) is 24.3 Å². The van der Waals surface area contributed by atoms with Gasteiger partial charge < -0.3 is 14.9 Å². The molecule has 2 unspecified atom stereocenters. The van der Waals surface area contributed by atoms with Crippen LogP contribution in [0, 0.1) is 6.92 Å². The summed E-state index contributed by atoms with van der Waals surface area (Å²) in [5, 5.41) is 20.0. The molecule has 1 aromatic rings. The first kappa shape index (κ1) is 13.7. The molecule has 2 N–H and O–H groups in total. The summed E-state index contributed by atoms with van der Waals surface area (Å²) < 4.78 is 4.80. The van der Waals surface area contributed by atoms with Gasteiger partial charge in [0.05, 0.1) is 12.7 Å². The number of carbonyl (C=O) groups is 1. The highest BCUT2D eigenvalue weighted by Gasteiger charge is 2.44. The Kier molecular flexibility index (Phi) is 4.26. The van der Waals surface area contributed by atoms with Crippen molar-refractivity contribution in [3.05, 3.63) is 35.4 Å². The molecule has 0 aliphatic heterocycles. The summed E-state index contributed by atoms with van der Waals surface area (Å²) in [4.78, 5) is 11.8. The summed E-state index contributed by atoms with van der Waals surface area (Å²) in [5.41, 5.74) is -0.675. The van der Waals surface area contributed by atoms with Gasteiger partial charge in [-0.25, -0.2) is 4.79 Å². The van der Waals surface area contributed by atoms with Crippen LogP contribution in [0.2, 0.25) is 0 Å². The maximum atomic E-state index is 11.8. The van der Waals surface area contributed by atoms with E-state index in [0.717, 1.165) is 5.56 Å². The normalized spacial score (nSPS) is 16.1. The molecule has 4 heteroatoms. The smallest absolute Gasteiger partial charge is 0.345 e. The van der Waals surface area contributed by atoms with E-state index in [9.17, 15) is 15.0 Å². The molecule has 17 heavy (non-hydrogen) atoms. The molecule has 4 nitrogen and oxygen atoms in total. The molecule has 0 heterocycles. The molecule has 1 rings (SSSR count). The highest BCUT2D eigenvalue weighted by atomic mass is 16.6. The third-order valence-corrected chi connectivity index (χ3v) is 2.68. The van der Waals surface area contributed by atoms with Crippen molar-refractivity contribution in [2.75, 3.05) is 6.61 Å². The van der Waals surface area contributed by atoms with Gasteiger partial charge in [0, 0.05) is 0 Å². The molecule has 0 aliphatic rings. The average molecular weight is 238 g/mol. The number of hydrogen-bond acceptors (Lipinski definition) is 4. The Morgan fingerprint density at radius 1 is 1.41 bits per heavy atom. The number of hydrogen-bond donors (Lipinski definition) is 2. The Bertz CT molecular complexity index is 383. The fourth-order valence-electron chi connectivity index (χ4n) is 1.58. The van der Waals surface area contributed by atoms with Crippen LogP contribution in [0.3, 0.4) is 0 Å². The van der Waals surface area contributed by atoms with Gasteiger partial charge in [0.15, 0.2) is 0 Å². The first-order valence-corrected chi connectivity index (χ1v) is 5.57. The number of ether oxygens (including phenoxy) is 1. The number of carbonyl (C=O) groups excluding carboxylic acids is 1. The summed E-state index contributed by atoms with van der Waals surface area (Å²) in [6, 6.07) is 6.75. The topological polar surface area (TPSA) is 66.8 Å². The molecule has 0 aliphatic carbocycles. The van der Waals surface area contributed by atoms with Crippen LogP contribution in [0.4, 0.5) is 0 Å². The lowest BCUT2D eigenvalue weighted by Crippen LogP contribution is -2.46. The number of aliphatic hydroxyl groups excluding tert-OH is 1. The van der Waals surface area contributed by atoms with Gasteiger partial charge in [-0.2, -0.15) is 0 Å². The van der Waals surface area contributed by atoms with Crippen molar-refractivity contribution in [2.24, 2.45) is 0 Å². The summed E-state index contributed by atoms with van der Waals surface area (Å²) in [6.07, 6.45) is -1.25. The Morgan fingerprint density at radius 2 is 1.94 bits per heavy atom. The molecular weight excluding hydrogens is 220 g/mol. The van der Waals surface area contributed by atoms with Gasteiger partial charge in [-0.1, -0.05) is 29.8 Å². The summed E-state index contributed by atoms with van der Waals surface area (Å²) >= 11 is 0. The second kappa shape index (κ2) is 5.29. The Balaban J connectivity index is 3.16. The van der Waals surface area contributed by atoms with Crippen molar-refractivity contribution in [3.8, 4) is 0 Å². The Hall–Kier alpha value is -1.39. The standard InChI is InChI=1S/C13H18O4/c1-4-17-12(15)13(16,10(3)14)11-7-5-9(2)6-8-11/h5-8,10,14,16H,4H2,1-3H3. The zero-order chi connectivity index (χ0) is 13.1. The van der Waals surface area contributed by atoms with E-state index >= 15 is 0 Å². The van der Waals surface area contributed by atoms with Gasteiger partial charge in [-0.05, 0) is 26.3 Å². The molecule has 1 aromatic carbocycles. The zero-order valence-electron chi connectivity index (χ0n) is 10.3. The van der Waals surface area contributed by atoms with E-state index < -0.39 is 17.7 Å². The maximum Gasteiger partial charge on any atom is 0.345 e. The van der Waals surface area contributed by atoms with E-state index in [1.807, 2.05) is 6.92 Å².